The van der Waals surface area contributed by atoms with Gasteiger partial charge in [-0.1, -0.05) is 0 Å². The molecule has 0 aromatic rings. The van der Waals surface area contributed by atoms with E-state index in [-0.39, 0.29) is 18.9 Å². The van der Waals surface area contributed by atoms with Crippen molar-refractivity contribution in [2.75, 3.05) is 26.3 Å². The molecular formula is C7H14F2N2O2. The van der Waals surface area contributed by atoms with Crippen molar-refractivity contribution >= 4 is 5.91 Å². The van der Waals surface area contributed by atoms with Crippen LogP contribution in [0.25, 0.3) is 0 Å². The fourth-order valence-corrected chi connectivity index (χ4v) is 0.637. The first-order valence-electron chi connectivity index (χ1n) is 3.99. The van der Waals surface area contributed by atoms with Gasteiger partial charge in [0, 0.05) is 19.5 Å². The molecule has 13 heavy (non-hydrogen) atoms. The van der Waals surface area contributed by atoms with Crippen molar-refractivity contribution in [3.63, 3.8) is 0 Å². The van der Waals surface area contributed by atoms with Crippen LogP contribution in [0.5, 0.6) is 0 Å². The number of amides is 1. The van der Waals surface area contributed by atoms with Crippen LogP contribution in [0.2, 0.25) is 0 Å². The summed E-state index contributed by atoms with van der Waals surface area (Å²) in [4.78, 5) is 10.8. The molecule has 78 valence electrons. The molecule has 0 spiro atoms. The Labute approximate surface area is 75.4 Å². The van der Waals surface area contributed by atoms with E-state index >= 15 is 0 Å². The number of alkyl halides is 2. The van der Waals surface area contributed by atoms with Gasteiger partial charge in [0.15, 0.2) is 0 Å². The van der Waals surface area contributed by atoms with Crippen molar-refractivity contribution in [1.82, 2.24) is 5.32 Å². The van der Waals surface area contributed by atoms with Crippen LogP contribution in [0.4, 0.5) is 8.78 Å². The van der Waals surface area contributed by atoms with Crippen LogP contribution >= 0.6 is 0 Å². The lowest BCUT2D eigenvalue weighted by Gasteiger charge is -2.04. The predicted molar refractivity (Wildman–Crippen MR) is 43.5 cm³/mol. The molecular weight excluding hydrogens is 182 g/mol. The zero-order valence-corrected chi connectivity index (χ0v) is 7.26. The zero-order valence-electron chi connectivity index (χ0n) is 7.26. The molecule has 0 heterocycles. The maximum atomic E-state index is 11.5. The van der Waals surface area contributed by atoms with Crippen LogP contribution < -0.4 is 11.1 Å². The largest absolute Gasteiger partial charge is 0.375 e. The second kappa shape index (κ2) is 7.88. The Morgan fingerprint density at radius 2 is 2.23 bits per heavy atom. The third-order valence-electron chi connectivity index (χ3n) is 1.18. The van der Waals surface area contributed by atoms with E-state index in [1.807, 2.05) is 0 Å². The Kier molecular flexibility index (Phi) is 7.42. The highest BCUT2D eigenvalue weighted by atomic mass is 19.3. The fraction of sp³-hybridized carbons (Fsp3) is 0.857. The van der Waals surface area contributed by atoms with E-state index in [9.17, 15) is 13.6 Å². The van der Waals surface area contributed by atoms with Gasteiger partial charge < -0.3 is 15.8 Å². The van der Waals surface area contributed by atoms with Crippen LogP contribution in [0.15, 0.2) is 0 Å². The molecule has 0 saturated heterocycles. The lowest BCUT2D eigenvalue weighted by Crippen LogP contribution is -2.29. The molecule has 0 aromatic carbocycles. The molecule has 0 radical (unpaired) electrons. The molecule has 0 bridgehead atoms. The molecule has 0 aliphatic heterocycles. The number of carbonyl (C=O) groups is 1. The van der Waals surface area contributed by atoms with Crippen LogP contribution in [0, 0.1) is 0 Å². The smallest absolute Gasteiger partial charge is 0.261 e. The maximum Gasteiger partial charge on any atom is 0.261 e. The molecule has 0 aliphatic carbocycles. The average molecular weight is 196 g/mol. The van der Waals surface area contributed by atoms with Crippen molar-refractivity contribution in [2.45, 2.75) is 12.8 Å². The van der Waals surface area contributed by atoms with Gasteiger partial charge in [0.1, 0.15) is 6.61 Å². The Morgan fingerprint density at radius 3 is 2.77 bits per heavy atom. The second-order valence-corrected chi connectivity index (χ2v) is 2.35. The Hall–Kier alpha value is -0.750. The van der Waals surface area contributed by atoms with Crippen molar-refractivity contribution in [2.24, 2.45) is 5.73 Å². The predicted octanol–water partition coefficient (Wildman–Crippen LogP) is -0.267. The van der Waals surface area contributed by atoms with Gasteiger partial charge in [-0.05, 0) is 0 Å². The first kappa shape index (κ1) is 12.2. The van der Waals surface area contributed by atoms with Crippen LogP contribution in [0.3, 0.4) is 0 Å². The fourth-order valence-electron chi connectivity index (χ4n) is 0.637. The third kappa shape index (κ3) is 9.16. The molecule has 6 heteroatoms. The monoisotopic (exact) mass is 196 g/mol. The second-order valence-electron chi connectivity index (χ2n) is 2.35. The molecule has 0 rings (SSSR count). The molecule has 0 unspecified atom stereocenters. The summed E-state index contributed by atoms with van der Waals surface area (Å²) in [5.74, 6) is -0.236. The highest BCUT2D eigenvalue weighted by Gasteiger charge is 2.03. The van der Waals surface area contributed by atoms with Crippen molar-refractivity contribution in [3.8, 4) is 0 Å². The van der Waals surface area contributed by atoms with Gasteiger partial charge in [-0.15, -0.1) is 0 Å². The van der Waals surface area contributed by atoms with Crippen LogP contribution in [-0.2, 0) is 9.53 Å². The molecule has 0 fully saturated rings. The summed E-state index contributed by atoms with van der Waals surface area (Å²) in [5.41, 5.74) is 5.13. The number of carbonyl (C=O) groups excluding carboxylic acids is 1. The highest BCUT2D eigenvalue weighted by molar-refractivity contribution is 5.75. The molecule has 4 nitrogen and oxygen atoms in total. The summed E-state index contributed by atoms with van der Waals surface area (Å²) >= 11 is 0. The molecule has 0 aromatic heterocycles. The zero-order chi connectivity index (χ0) is 10.1. The normalized spacial score (nSPS) is 10.5. The quantitative estimate of drug-likeness (QED) is 0.551. The van der Waals surface area contributed by atoms with Crippen molar-refractivity contribution < 1.29 is 18.3 Å². The lowest BCUT2D eigenvalue weighted by atomic mass is 10.4. The lowest BCUT2D eigenvalue weighted by molar-refractivity contribution is -0.122. The summed E-state index contributed by atoms with van der Waals surface area (Å²) in [7, 11) is 0. The Balaban J connectivity index is 3.17. The Morgan fingerprint density at radius 1 is 1.54 bits per heavy atom. The van der Waals surface area contributed by atoms with Gasteiger partial charge in [0.05, 0.1) is 6.61 Å². The summed E-state index contributed by atoms with van der Waals surface area (Å²) in [6.07, 6.45) is -2.39. The first-order chi connectivity index (χ1) is 6.16. The standard InChI is InChI=1S/C7H14F2N2O2/c8-6(9)5-13-4-1-7(12)11-3-2-10/h6H,1-5,10H2,(H,11,12). The minimum Gasteiger partial charge on any atom is -0.375 e. The topological polar surface area (TPSA) is 64.3 Å². The molecule has 0 atom stereocenters. The van der Waals surface area contributed by atoms with E-state index in [1.54, 1.807) is 0 Å². The van der Waals surface area contributed by atoms with Crippen LogP contribution in [0.1, 0.15) is 6.42 Å². The van der Waals surface area contributed by atoms with Crippen molar-refractivity contribution in [3.05, 3.63) is 0 Å². The van der Waals surface area contributed by atoms with Crippen LogP contribution in [-0.4, -0.2) is 38.6 Å². The Bertz CT molecular complexity index is 144. The summed E-state index contributed by atoms with van der Waals surface area (Å²) < 4.78 is 27.5. The van der Waals surface area contributed by atoms with Crippen molar-refractivity contribution in [1.29, 1.82) is 0 Å². The number of nitrogens with two attached hydrogens (primary N) is 1. The van der Waals surface area contributed by atoms with E-state index in [2.05, 4.69) is 10.1 Å². The minimum atomic E-state index is -2.48. The SMILES string of the molecule is NCCNC(=O)CCOCC(F)F. The number of nitrogens with one attached hydrogen (secondary N) is 1. The van der Waals surface area contributed by atoms with E-state index in [0.29, 0.717) is 13.1 Å². The van der Waals surface area contributed by atoms with Gasteiger partial charge >= 0.3 is 0 Å². The van der Waals surface area contributed by atoms with E-state index < -0.39 is 13.0 Å². The summed E-state index contributed by atoms with van der Waals surface area (Å²) in [6, 6.07) is 0. The molecule has 0 aliphatic rings. The van der Waals surface area contributed by atoms with Gasteiger partial charge in [-0.25, -0.2) is 8.78 Å². The van der Waals surface area contributed by atoms with E-state index in [1.165, 1.54) is 0 Å². The number of rotatable bonds is 7. The van der Waals surface area contributed by atoms with Gasteiger partial charge in [0.2, 0.25) is 5.91 Å². The number of hydrogen-bond donors (Lipinski definition) is 2. The summed E-state index contributed by atoms with van der Waals surface area (Å²) in [5, 5.41) is 2.49. The third-order valence-corrected chi connectivity index (χ3v) is 1.18. The van der Waals surface area contributed by atoms with E-state index in [4.69, 9.17) is 5.73 Å². The van der Waals surface area contributed by atoms with E-state index in [0.717, 1.165) is 0 Å². The number of halogens is 2. The van der Waals surface area contributed by atoms with Gasteiger partial charge in [-0.2, -0.15) is 0 Å². The maximum absolute atomic E-state index is 11.5. The minimum absolute atomic E-state index is 0.0146. The molecule has 0 saturated carbocycles. The molecule has 1 amide bonds. The first-order valence-corrected chi connectivity index (χ1v) is 3.99. The number of hydrogen-bond acceptors (Lipinski definition) is 3. The van der Waals surface area contributed by atoms with Gasteiger partial charge in [0.25, 0.3) is 6.43 Å². The van der Waals surface area contributed by atoms with Gasteiger partial charge in [-0.3, -0.25) is 4.79 Å². The highest BCUT2D eigenvalue weighted by Crippen LogP contribution is 1.93. The molecule has 3 N–H and O–H groups in total. The average Bonchev–Trinajstić information content (AvgIpc) is 2.08. The number of ether oxygens (including phenoxy) is 1. The summed E-state index contributed by atoms with van der Waals surface area (Å²) in [6.45, 7) is 0.155.